The zero-order valence-corrected chi connectivity index (χ0v) is 13.3. The van der Waals surface area contributed by atoms with Crippen molar-refractivity contribution in [3.8, 4) is 5.75 Å². The van der Waals surface area contributed by atoms with Crippen LogP contribution in [0.5, 0.6) is 5.75 Å². The number of aryl methyl sites for hydroxylation is 1. The minimum absolute atomic E-state index is 0.119. The molecule has 0 spiro atoms. The summed E-state index contributed by atoms with van der Waals surface area (Å²) in [5.74, 6) is 0.870. The van der Waals surface area contributed by atoms with Gasteiger partial charge in [0.1, 0.15) is 10.8 Å². The molecular formula is C14H16N2O2S2. The molecule has 1 atom stereocenters. The minimum atomic E-state index is -0.129. The number of carbonyl (C=O) groups excluding carboxylic acids is 1. The molecule has 0 saturated heterocycles. The van der Waals surface area contributed by atoms with Gasteiger partial charge in [-0.2, -0.15) is 0 Å². The van der Waals surface area contributed by atoms with Gasteiger partial charge >= 0.3 is 0 Å². The summed E-state index contributed by atoms with van der Waals surface area (Å²) >= 11 is 3.01. The summed E-state index contributed by atoms with van der Waals surface area (Å²) in [7, 11) is 1.61. The van der Waals surface area contributed by atoms with Gasteiger partial charge in [0.05, 0.1) is 12.4 Å². The zero-order valence-electron chi connectivity index (χ0n) is 11.6. The van der Waals surface area contributed by atoms with Gasteiger partial charge in [-0.25, -0.2) is 0 Å². The third-order valence-electron chi connectivity index (χ3n) is 2.79. The van der Waals surface area contributed by atoms with Crippen LogP contribution in [0.3, 0.4) is 0 Å². The Morgan fingerprint density at radius 1 is 1.35 bits per heavy atom. The normalized spacial score (nSPS) is 12.2. The number of nitrogens with zero attached hydrogens (tertiary/aromatic N) is 2. The van der Waals surface area contributed by atoms with Crippen LogP contribution in [0.4, 0.5) is 0 Å². The quantitative estimate of drug-likeness (QED) is 0.603. The van der Waals surface area contributed by atoms with E-state index in [2.05, 4.69) is 10.2 Å². The summed E-state index contributed by atoms with van der Waals surface area (Å²) in [5, 5.41) is 8.83. The second kappa shape index (κ2) is 6.85. The van der Waals surface area contributed by atoms with Crippen molar-refractivity contribution in [1.29, 1.82) is 0 Å². The topological polar surface area (TPSA) is 52.1 Å². The third kappa shape index (κ3) is 3.58. The highest BCUT2D eigenvalue weighted by Crippen LogP contribution is 2.30. The van der Waals surface area contributed by atoms with E-state index in [0.717, 1.165) is 21.5 Å². The highest BCUT2D eigenvalue weighted by Gasteiger charge is 2.21. The SMILES string of the molecule is CC[C@@H](Sc1nnc(C)s1)C(=O)c1ccc(OC)cc1. The predicted octanol–water partition coefficient (Wildman–Crippen LogP) is 3.61. The molecule has 1 aromatic carbocycles. The van der Waals surface area contributed by atoms with Crippen LogP contribution < -0.4 is 4.74 Å². The third-order valence-corrected chi connectivity index (χ3v) is 5.08. The zero-order chi connectivity index (χ0) is 14.5. The van der Waals surface area contributed by atoms with Crippen molar-refractivity contribution in [3.63, 3.8) is 0 Å². The Bertz CT molecular complexity index is 581. The number of Topliss-reactive ketones (excluding diaryl/α,β-unsaturated/α-hetero) is 1. The Labute approximate surface area is 126 Å². The van der Waals surface area contributed by atoms with E-state index in [0.29, 0.717) is 5.56 Å². The van der Waals surface area contributed by atoms with Gasteiger partial charge in [-0.15, -0.1) is 10.2 Å². The molecule has 2 rings (SSSR count). The standard InChI is InChI=1S/C14H16N2O2S2/c1-4-12(20-14-16-15-9(2)19-14)13(17)10-5-7-11(18-3)8-6-10/h5-8,12H,4H2,1-3H3/t12-/m1/s1. The molecular weight excluding hydrogens is 292 g/mol. The lowest BCUT2D eigenvalue weighted by molar-refractivity contribution is 0.0988. The maximum absolute atomic E-state index is 12.5. The number of hydrogen-bond donors (Lipinski definition) is 0. The van der Waals surface area contributed by atoms with E-state index in [1.54, 1.807) is 31.4 Å². The average Bonchev–Trinajstić information content (AvgIpc) is 2.89. The van der Waals surface area contributed by atoms with E-state index < -0.39 is 0 Å². The molecule has 20 heavy (non-hydrogen) atoms. The van der Waals surface area contributed by atoms with Gasteiger partial charge in [-0.05, 0) is 37.6 Å². The number of benzene rings is 1. The monoisotopic (exact) mass is 308 g/mol. The van der Waals surface area contributed by atoms with E-state index in [1.165, 1.54) is 23.1 Å². The molecule has 4 nitrogen and oxygen atoms in total. The van der Waals surface area contributed by atoms with Gasteiger partial charge in [0, 0.05) is 5.56 Å². The van der Waals surface area contributed by atoms with E-state index in [1.807, 2.05) is 13.8 Å². The van der Waals surface area contributed by atoms with Crippen molar-refractivity contribution in [2.75, 3.05) is 7.11 Å². The summed E-state index contributed by atoms with van der Waals surface area (Å²) in [4.78, 5) is 12.5. The molecule has 106 valence electrons. The Morgan fingerprint density at radius 3 is 2.55 bits per heavy atom. The summed E-state index contributed by atoms with van der Waals surface area (Å²) in [5.41, 5.74) is 0.700. The molecule has 0 aliphatic heterocycles. The summed E-state index contributed by atoms with van der Waals surface area (Å²) in [6.45, 7) is 3.92. The van der Waals surface area contributed by atoms with Gasteiger partial charge in [0.15, 0.2) is 10.1 Å². The fourth-order valence-corrected chi connectivity index (χ4v) is 3.77. The first-order valence-corrected chi connectivity index (χ1v) is 7.98. The van der Waals surface area contributed by atoms with Crippen molar-refractivity contribution in [2.45, 2.75) is 29.9 Å². The van der Waals surface area contributed by atoms with E-state index >= 15 is 0 Å². The largest absolute Gasteiger partial charge is 0.497 e. The van der Waals surface area contributed by atoms with Crippen molar-refractivity contribution in [3.05, 3.63) is 34.8 Å². The predicted molar refractivity (Wildman–Crippen MR) is 81.9 cm³/mol. The lowest BCUT2D eigenvalue weighted by atomic mass is 10.1. The second-order valence-corrected chi connectivity index (χ2v) is 6.83. The lowest BCUT2D eigenvalue weighted by Crippen LogP contribution is -2.16. The fourth-order valence-electron chi connectivity index (χ4n) is 1.71. The molecule has 2 aromatic rings. The fraction of sp³-hybridized carbons (Fsp3) is 0.357. The van der Waals surface area contributed by atoms with Crippen molar-refractivity contribution in [1.82, 2.24) is 10.2 Å². The number of methoxy groups -OCH3 is 1. The summed E-state index contributed by atoms with van der Waals surface area (Å²) in [6, 6.07) is 7.21. The number of rotatable bonds is 6. The number of aromatic nitrogens is 2. The van der Waals surface area contributed by atoms with Crippen molar-refractivity contribution >= 4 is 28.9 Å². The Morgan fingerprint density at radius 2 is 2.05 bits per heavy atom. The number of carbonyl (C=O) groups is 1. The van der Waals surface area contributed by atoms with Crippen molar-refractivity contribution in [2.24, 2.45) is 0 Å². The molecule has 0 aliphatic rings. The Kier molecular flexibility index (Phi) is 5.14. The van der Waals surface area contributed by atoms with Crippen LogP contribution in [0.2, 0.25) is 0 Å². The van der Waals surface area contributed by atoms with E-state index in [4.69, 9.17) is 4.74 Å². The molecule has 0 bridgehead atoms. The van der Waals surface area contributed by atoms with Gasteiger partial charge in [-0.3, -0.25) is 4.79 Å². The van der Waals surface area contributed by atoms with Gasteiger partial charge in [0.2, 0.25) is 0 Å². The first-order valence-electron chi connectivity index (χ1n) is 6.29. The molecule has 0 saturated carbocycles. The van der Waals surface area contributed by atoms with Crippen LogP contribution in [0.1, 0.15) is 28.7 Å². The smallest absolute Gasteiger partial charge is 0.176 e. The molecule has 0 unspecified atom stereocenters. The molecule has 1 heterocycles. The van der Waals surface area contributed by atoms with Gasteiger partial charge in [-0.1, -0.05) is 30.0 Å². The van der Waals surface area contributed by atoms with E-state index in [9.17, 15) is 4.79 Å². The Hall–Kier alpha value is -1.40. The highest BCUT2D eigenvalue weighted by atomic mass is 32.2. The maximum atomic E-state index is 12.5. The minimum Gasteiger partial charge on any atom is -0.497 e. The number of hydrogen-bond acceptors (Lipinski definition) is 6. The van der Waals surface area contributed by atoms with Crippen LogP contribution in [-0.2, 0) is 0 Å². The number of ketones is 1. The first-order chi connectivity index (χ1) is 9.63. The number of ether oxygens (including phenoxy) is 1. The second-order valence-electron chi connectivity index (χ2n) is 4.19. The molecule has 1 aromatic heterocycles. The van der Waals surface area contributed by atoms with Gasteiger partial charge < -0.3 is 4.74 Å². The molecule has 0 amide bonds. The maximum Gasteiger partial charge on any atom is 0.176 e. The Balaban J connectivity index is 2.11. The number of thioether (sulfide) groups is 1. The molecule has 0 N–H and O–H groups in total. The average molecular weight is 308 g/mol. The van der Waals surface area contributed by atoms with Crippen LogP contribution >= 0.6 is 23.1 Å². The van der Waals surface area contributed by atoms with E-state index in [-0.39, 0.29) is 11.0 Å². The summed E-state index contributed by atoms with van der Waals surface area (Å²) < 4.78 is 5.94. The van der Waals surface area contributed by atoms with Crippen LogP contribution in [0, 0.1) is 6.92 Å². The molecule has 0 radical (unpaired) electrons. The molecule has 0 aliphatic carbocycles. The molecule has 6 heteroatoms. The lowest BCUT2D eigenvalue weighted by Gasteiger charge is -2.11. The van der Waals surface area contributed by atoms with Crippen LogP contribution in [-0.4, -0.2) is 28.3 Å². The van der Waals surface area contributed by atoms with Crippen LogP contribution in [0.15, 0.2) is 28.6 Å². The van der Waals surface area contributed by atoms with Crippen LogP contribution in [0.25, 0.3) is 0 Å². The van der Waals surface area contributed by atoms with Gasteiger partial charge in [0.25, 0.3) is 0 Å². The molecule has 0 fully saturated rings. The first kappa shape index (κ1) is 15.0. The van der Waals surface area contributed by atoms with Crippen molar-refractivity contribution < 1.29 is 9.53 Å². The summed E-state index contributed by atoms with van der Waals surface area (Å²) in [6.07, 6.45) is 0.758. The highest BCUT2D eigenvalue weighted by molar-refractivity contribution is 8.02.